The molecule has 1 spiro atoms. The minimum Gasteiger partial charge on any atom is -0.481 e. The van der Waals surface area contributed by atoms with Gasteiger partial charge in [0.2, 0.25) is 5.88 Å². The van der Waals surface area contributed by atoms with Crippen LogP contribution in [0, 0.1) is 0 Å². The highest BCUT2D eigenvalue weighted by molar-refractivity contribution is 5.41. The van der Waals surface area contributed by atoms with E-state index >= 15 is 0 Å². The van der Waals surface area contributed by atoms with Crippen molar-refractivity contribution in [3.8, 4) is 5.88 Å². The maximum absolute atomic E-state index is 6.31. The van der Waals surface area contributed by atoms with Crippen LogP contribution < -0.4 is 9.64 Å². The van der Waals surface area contributed by atoms with E-state index in [1.807, 2.05) is 6.07 Å². The van der Waals surface area contributed by atoms with Crippen molar-refractivity contribution in [3.05, 3.63) is 12.4 Å². The summed E-state index contributed by atoms with van der Waals surface area (Å²) < 4.78 is 11.5. The number of anilines is 1. The molecule has 126 valence electrons. The Kier molecular flexibility index (Phi) is 4.11. The lowest BCUT2D eigenvalue weighted by atomic mass is 9.87. The second-order valence-electron chi connectivity index (χ2n) is 7.00. The van der Waals surface area contributed by atoms with Crippen molar-refractivity contribution < 1.29 is 9.47 Å². The summed E-state index contributed by atoms with van der Waals surface area (Å²) in [6.45, 7) is 5.43. The number of piperidine rings is 1. The van der Waals surface area contributed by atoms with Gasteiger partial charge in [-0.05, 0) is 45.2 Å². The van der Waals surface area contributed by atoms with Gasteiger partial charge in [0.1, 0.15) is 12.1 Å². The number of methoxy groups -OCH3 is 1. The summed E-state index contributed by atoms with van der Waals surface area (Å²) in [5.41, 5.74) is 0.0981. The lowest BCUT2D eigenvalue weighted by molar-refractivity contribution is -0.0158. The summed E-state index contributed by atoms with van der Waals surface area (Å²) in [5.74, 6) is 1.59. The Morgan fingerprint density at radius 1 is 1.17 bits per heavy atom. The van der Waals surface area contributed by atoms with Gasteiger partial charge < -0.3 is 14.4 Å². The minimum atomic E-state index is 0.0981. The number of aromatic nitrogens is 2. The van der Waals surface area contributed by atoms with Crippen molar-refractivity contribution in [2.24, 2.45) is 0 Å². The summed E-state index contributed by atoms with van der Waals surface area (Å²) in [7, 11) is 1.64. The van der Waals surface area contributed by atoms with Crippen molar-refractivity contribution in [1.82, 2.24) is 14.9 Å². The molecule has 3 aliphatic heterocycles. The summed E-state index contributed by atoms with van der Waals surface area (Å²) >= 11 is 0. The molecule has 0 aromatic carbocycles. The zero-order valence-electron chi connectivity index (χ0n) is 13.9. The fourth-order valence-electron chi connectivity index (χ4n) is 4.27. The van der Waals surface area contributed by atoms with Crippen LogP contribution in [0.15, 0.2) is 12.4 Å². The highest BCUT2D eigenvalue weighted by atomic mass is 16.5. The number of likely N-dealkylation sites (tertiary alicyclic amines) is 1. The first-order chi connectivity index (χ1) is 11.3. The van der Waals surface area contributed by atoms with Gasteiger partial charge >= 0.3 is 0 Å². The average molecular weight is 318 g/mol. The topological polar surface area (TPSA) is 50.7 Å². The van der Waals surface area contributed by atoms with Gasteiger partial charge in [-0.2, -0.15) is 0 Å². The first-order valence-corrected chi connectivity index (χ1v) is 8.77. The molecule has 1 unspecified atom stereocenters. The van der Waals surface area contributed by atoms with Crippen molar-refractivity contribution >= 4 is 5.82 Å². The molecule has 4 rings (SSSR count). The van der Waals surface area contributed by atoms with Gasteiger partial charge in [-0.3, -0.25) is 4.90 Å². The molecule has 6 nitrogen and oxygen atoms in total. The van der Waals surface area contributed by atoms with E-state index in [-0.39, 0.29) is 5.60 Å². The molecule has 3 fully saturated rings. The normalized spacial score (nSPS) is 27.7. The SMILES string of the molecule is COc1cc(N2CCC3(CC2)CC(N2CCCC2)CO3)ncn1. The van der Waals surface area contributed by atoms with Crippen molar-refractivity contribution in [2.45, 2.75) is 43.7 Å². The third-order valence-electron chi connectivity index (χ3n) is 5.68. The van der Waals surface area contributed by atoms with Crippen LogP contribution in [0.25, 0.3) is 0 Å². The first-order valence-electron chi connectivity index (χ1n) is 8.77. The quantitative estimate of drug-likeness (QED) is 0.846. The van der Waals surface area contributed by atoms with Gasteiger partial charge in [0.05, 0.1) is 19.3 Å². The van der Waals surface area contributed by atoms with Crippen LogP contribution in [-0.2, 0) is 4.74 Å². The summed E-state index contributed by atoms with van der Waals surface area (Å²) in [6, 6.07) is 2.56. The van der Waals surface area contributed by atoms with E-state index in [0.717, 1.165) is 38.4 Å². The second kappa shape index (κ2) is 6.24. The third kappa shape index (κ3) is 3.02. The highest BCUT2D eigenvalue weighted by Gasteiger charge is 2.44. The molecule has 3 aliphatic rings. The largest absolute Gasteiger partial charge is 0.481 e. The van der Waals surface area contributed by atoms with Crippen LogP contribution in [0.2, 0.25) is 0 Å². The molecule has 0 amide bonds. The number of rotatable bonds is 3. The summed E-state index contributed by atoms with van der Waals surface area (Å²) in [4.78, 5) is 13.4. The van der Waals surface area contributed by atoms with Crippen LogP contribution in [0.4, 0.5) is 5.82 Å². The number of nitrogens with zero attached hydrogens (tertiary/aromatic N) is 4. The van der Waals surface area contributed by atoms with Gasteiger partial charge in [-0.25, -0.2) is 9.97 Å². The Morgan fingerprint density at radius 3 is 2.70 bits per heavy atom. The zero-order valence-corrected chi connectivity index (χ0v) is 13.9. The predicted octanol–water partition coefficient (Wildman–Crippen LogP) is 1.71. The van der Waals surface area contributed by atoms with E-state index in [4.69, 9.17) is 9.47 Å². The van der Waals surface area contributed by atoms with Gasteiger partial charge in [0, 0.05) is 25.2 Å². The van der Waals surface area contributed by atoms with E-state index in [1.165, 1.54) is 32.4 Å². The molecule has 0 bridgehead atoms. The fraction of sp³-hybridized carbons (Fsp3) is 0.765. The molecular weight excluding hydrogens is 292 g/mol. The minimum absolute atomic E-state index is 0.0981. The Labute approximate surface area is 137 Å². The van der Waals surface area contributed by atoms with Crippen LogP contribution in [0.5, 0.6) is 5.88 Å². The maximum Gasteiger partial charge on any atom is 0.218 e. The summed E-state index contributed by atoms with van der Waals surface area (Å²) in [5, 5.41) is 0. The Hall–Kier alpha value is -1.40. The molecule has 1 aromatic rings. The molecule has 6 heteroatoms. The number of ether oxygens (including phenoxy) is 2. The molecule has 1 aromatic heterocycles. The molecule has 0 radical (unpaired) electrons. The Morgan fingerprint density at radius 2 is 1.96 bits per heavy atom. The van der Waals surface area contributed by atoms with Crippen LogP contribution in [-0.4, -0.2) is 66.4 Å². The van der Waals surface area contributed by atoms with Crippen LogP contribution in [0.1, 0.15) is 32.1 Å². The van der Waals surface area contributed by atoms with Gasteiger partial charge in [0.25, 0.3) is 0 Å². The molecule has 0 saturated carbocycles. The van der Waals surface area contributed by atoms with Gasteiger partial charge in [0.15, 0.2) is 0 Å². The van der Waals surface area contributed by atoms with Gasteiger partial charge in [-0.1, -0.05) is 0 Å². The molecule has 0 N–H and O–H groups in total. The zero-order chi connectivity index (χ0) is 15.7. The lowest BCUT2D eigenvalue weighted by Crippen LogP contribution is -2.45. The van der Waals surface area contributed by atoms with E-state index in [2.05, 4.69) is 19.8 Å². The van der Waals surface area contributed by atoms with Crippen molar-refractivity contribution in [2.75, 3.05) is 44.8 Å². The standard InChI is InChI=1S/C17H26N4O2/c1-22-16-10-15(18-13-19-16)21-8-4-17(5-9-21)11-14(12-23-17)20-6-2-3-7-20/h10,13-14H,2-9,11-12H2,1H3. The Balaban J connectivity index is 1.37. The second-order valence-corrected chi connectivity index (χ2v) is 7.00. The van der Waals surface area contributed by atoms with E-state index in [1.54, 1.807) is 13.4 Å². The van der Waals surface area contributed by atoms with E-state index in [9.17, 15) is 0 Å². The molecule has 1 atom stereocenters. The highest BCUT2D eigenvalue weighted by Crippen LogP contribution is 2.39. The molecule has 0 aliphatic carbocycles. The predicted molar refractivity (Wildman–Crippen MR) is 87.9 cm³/mol. The van der Waals surface area contributed by atoms with Gasteiger partial charge in [-0.15, -0.1) is 0 Å². The molecular formula is C17H26N4O2. The average Bonchev–Trinajstić information content (AvgIpc) is 3.26. The summed E-state index contributed by atoms with van der Waals surface area (Å²) in [6.07, 6.45) is 7.66. The lowest BCUT2D eigenvalue weighted by Gasteiger charge is -2.39. The fourth-order valence-corrected chi connectivity index (χ4v) is 4.27. The molecule has 3 saturated heterocycles. The monoisotopic (exact) mass is 318 g/mol. The van der Waals surface area contributed by atoms with Crippen LogP contribution in [0.3, 0.4) is 0 Å². The Bertz CT molecular complexity index is 539. The van der Waals surface area contributed by atoms with Crippen LogP contribution >= 0.6 is 0 Å². The smallest absolute Gasteiger partial charge is 0.218 e. The van der Waals surface area contributed by atoms with Crippen molar-refractivity contribution in [3.63, 3.8) is 0 Å². The maximum atomic E-state index is 6.31. The van der Waals surface area contributed by atoms with Crippen molar-refractivity contribution in [1.29, 1.82) is 0 Å². The number of hydrogen-bond acceptors (Lipinski definition) is 6. The third-order valence-corrected chi connectivity index (χ3v) is 5.68. The molecule has 4 heterocycles. The van der Waals surface area contributed by atoms with E-state index < -0.39 is 0 Å². The molecule has 23 heavy (non-hydrogen) atoms. The first kappa shape index (κ1) is 15.1. The number of hydrogen-bond donors (Lipinski definition) is 0. The van der Waals surface area contributed by atoms with E-state index in [0.29, 0.717) is 11.9 Å².